The molecule has 2 N–H and O–H groups in total. The van der Waals surface area contributed by atoms with E-state index in [0.29, 0.717) is 0 Å². The van der Waals surface area contributed by atoms with Crippen LogP contribution in [0, 0.1) is 5.82 Å². The number of nitrogens with two attached hydrogens (primary N) is 1. The van der Waals surface area contributed by atoms with Crippen molar-refractivity contribution < 1.29 is 4.39 Å². The minimum Gasteiger partial charge on any atom is -0.402 e. The summed E-state index contributed by atoms with van der Waals surface area (Å²) in [4.78, 5) is 2.30. The maximum Gasteiger partial charge on any atom is 0.123 e. The van der Waals surface area contributed by atoms with Crippen LogP contribution in [0.5, 0.6) is 0 Å². The predicted octanol–water partition coefficient (Wildman–Crippen LogP) is 6.36. The number of aryl methyl sites for hydroxylation is 1. The molecular weight excluding hydrogens is 409 g/mol. The number of benzene rings is 2. The average molecular weight is 436 g/mol. The summed E-state index contributed by atoms with van der Waals surface area (Å²) in [6.07, 6.45) is 7.64. The lowest BCUT2D eigenvalue weighted by atomic mass is 10.0. The molecule has 0 atom stereocenters. The van der Waals surface area contributed by atoms with E-state index in [1.807, 2.05) is 43.4 Å². The number of halogens is 2. The summed E-state index contributed by atoms with van der Waals surface area (Å²) in [5, 5.41) is 1.93. The minimum absolute atomic E-state index is 0.212. The highest BCUT2D eigenvalue weighted by molar-refractivity contribution is 6.31. The number of nitrogens with zero attached hydrogens (tertiary/aromatic N) is 2. The van der Waals surface area contributed by atoms with Crippen molar-refractivity contribution in [1.29, 1.82) is 0 Å². The lowest BCUT2D eigenvalue weighted by Gasteiger charge is -2.30. The molecule has 160 valence electrons. The van der Waals surface area contributed by atoms with E-state index in [9.17, 15) is 4.39 Å². The van der Waals surface area contributed by atoms with Crippen molar-refractivity contribution in [2.24, 2.45) is 5.73 Å². The van der Waals surface area contributed by atoms with E-state index in [-0.39, 0.29) is 5.82 Å². The number of fused-ring (bicyclic) bond motifs is 3. The second-order valence-electron chi connectivity index (χ2n) is 7.99. The Balaban J connectivity index is 1.69. The zero-order valence-electron chi connectivity index (χ0n) is 17.7. The van der Waals surface area contributed by atoms with Crippen LogP contribution in [0.2, 0.25) is 5.02 Å². The third kappa shape index (κ3) is 4.54. The van der Waals surface area contributed by atoms with Gasteiger partial charge in [0.25, 0.3) is 0 Å². The number of hydrogen-bond acceptors (Lipinski definition) is 2. The Morgan fingerprint density at radius 3 is 2.68 bits per heavy atom. The van der Waals surface area contributed by atoms with Gasteiger partial charge in [0.2, 0.25) is 0 Å². The standard InChI is InChI=1S/C26H27ClFN3/c1-3-19(5-4-18(2)29)12-15-31-25-11-6-20(27)16-23(25)24-17-30(14-13-26(24)31)22-9-7-21(28)8-10-22/h3-11,16H,1,12-15,17,29H2,2H3/b18-4-,19-5+. The van der Waals surface area contributed by atoms with Crippen molar-refractivity contribution in [3.63, 3.8) is 0 Å². The Morgan fingerprint density at radius 2 is 1.97 bits per heavy atom. The zero-order chi connectivity index (χ0) is 22.0. The van der Waals surface area contributed by atoms with Crippen LogP contribution in [0.15, 0.2) is 78.5 Å². The molecular formula is C26H27ClFN3. The fourth-order valence-electron chi connectivity index (χ4n) is 4.28. The molecule has 0 saturated heterocycles. The first-order valence-electron chi connectivity index (χ1n) is 10.5. The number of hydrogen-bond donors (Lipinski definition) is 1. The quantitative estimate of drug-likeness (QED) is 0.457. The monoisotopic (exact) mass is 435 g/mol. The molecule has 0 saturated carbocycles. The molecule has 0 unspecified atom stereocenters. The van der Waals surface area contributed by atoms with E-state index >= 15 is 0 Å². The Kier molecular flexibility index (Phi) is 6.19. The highest BCUT2D eigenvalue weighted by atomic mass is 35.5. The van der Waals surface area contributed by atoms with Gasteiger partial charge in [-0.3, -0.25) is 0 Å². The molecule has 0 spiro atoms. The molecule has 3 nitrogen and oxygen atoms in total. The highest BCUT2D eigenvalue weighted by Crippen LogP contribution is 2.35. The van der Waals surface area contributed by atoms with Crippen LogP contribution >= 0.6 is 11.6 Å². The summed E-state index contributed by atoms with van der Waals surface area (Å²) in [5.74, 6) is -0.212. The van der Waals surface area contributed by atoms with Gasteiger partial charge in [-0.25, -0.2) is 4.39 Å². The van der Waals surface area contributed by atoms with Crippen molar-refractivity contribution in [3.05, 3.63) is 101 Å². The maximum atomic E-state index is 13.4. The van der Waals surface area contributed by atoms with Crippen LogP contribution in [-0.2, 0) is 19.5 Å². The zero-order valence-corrected chi connectivity index (χ0v) is 18.5. The summed E-state index contributed by atoms with van der Waals surface area (Å²) in [6, 6.07) is 12.9. The lowest BCUT2D eigenvalue weighted by molar-refractivity contribution is 0.624. The second-order valence-corrected chi connectivity index (χ2v) is 8.43. The number of aromatic nitrogens is 1. The Bertz CT molecular complexity index is 1170. The third-order valence-electron chi connectivity index (χ3n) is 5.85. The lowest BCUT2D eigenvalue weighted by Crippen LogP contribution is -2.31. The molecule has 1 aliphatic heterocycles. The van der Waals surface area contributed by atoms with Crippen LogP contribution in [0.25, 0.3) is 10.9 Å². The third-order valence-corrected chi connectivity index (χ3v) is 6.09. The van der Waals surface area contributed by atoms with Crippen LogP contribution in [-0.4, -0.2) is 11.1 Å². The summed E-state index contributed by atoms with van der Waals surface area (Å²) < 4.78 is 15.8. The first-order valence-corrected chi connectivity index (χ1v) is 10.9. The van der Waals surface area contributed by atoms with Crippen molar-refractivity contribution >= 4 is 28.2 Å². The fraction of sp³-hybridized carbons (Fsp3) is 0.231. The van der Waals surface area contributed by atoms with Gasteiger partial charge in [-0.15, -0.1) is 0 Å². The van der Waals surface area contributed by atoms with Gasteiger partial charge in [-0.05, 0) is 67.5 Å². The van der Waals surface area contributed by atoms with Crippen LogP contribution in [0.1, 0.15) is 24.6 Å². The molecule has 4 rings (SSSR count). The van der Waals surface area contributed by atoms with E-state index in [0.717, 1.165) is 54.5 Å². The van der Waals surface area contributed by atoms with Gasteiger partial charge < -0.3 is 15.2 Å². The van der Waals surface area contributed by atoms with Gasteiger partial charge in [-0.1, -0.05) is 30.3 Å². The molecule has 1 aromatic heterocycles. The molecule has 0 aliphatic carbocycles. The predicted molar refractivity (Wildman–Crippen MR) is 129 cm³/mol. The van der Waals surface area contributed by atoms with Crippen molar-refractivity contribution in [3.8, 4) is 0 Å². The number of anilines is 1. The topological polar surface area (TPSA) is 34.2 Å². The smallest absolute Gasteiger partial charge is 0.123 e. The second kappa shape index (κ2) is 9.03. The van der Waals surface area contributed by atoms with E-state index in [1.165, 1.54) is 34.3 Å². The molecule has 3 aromatic rings. The number of rotatable bonds is 6. The van der Waals surface area contributed by atoms with E-state index in [1.54, 1.807) is 0 Å². The van der Waals surface area contributed by atoms with E-state index in [2.05, 4.69) is 28.2 Å². The fourth-order valence-corrected chi connectivity index (χ4v) is 4.45. The molecule has 2 heterocycles. The van der Waals surface area contributed by atoms with E-state index < -0.39 is 0 Å². The van der Waals surface area contributed by atoms with Gasteiger partial charge >= 0.3 is 0 Å². The van der Waals surface area contributed by atoms with Crippen LogP contribution < -0.4 is 10.6 Å². The summed E-state index contributed by atoms with van der Waals surface area (Å²) in [7, 11) is 0. The molecule has 0 bridgehead atoms. The molecule has 1 aliphatic rings. The molecule has 5 heteroatoms. The largest absolute Gasteiger partial charge is 0.402 e. The summed E-state index contributed by atoms with van der Waals surface area (Å²) >= 11 is 6.36. The van der Waals surface area contributed by atoms with Gasteiger partial charge in [0.05, 0.1) is 0 Å². The molecule has 0 amide bonds. The van der Waals surface area contributed by atoms with Gasteiger partial charge in [0.1, 0.15) is 5.82 Å². The maximum absolute atomic E-state index is 13.4. The van der Waals surface area contributed by atoms with Crippen molar-refractivity contribution in [2.75, 3.05) is 11.4 Å². The van der Waals surface area contributed by atoms with E-state index in [4.69, 9.17) is 17.3 Å². The first kappa shape index (κ1) is 21.3. The summed E-state index contributed by atoms with van der Waals surface area (Å²) in [5.41, 5.74) is 12.6. The first-order chi connectivity index (χ1) is 15.0. The van der Waals surface area contributed by atoms with Gasteiger partial charge in [-0.2, -0.15) is 0 Å². The molecule has 2 aromatic carbocycles. The highest BCUT2D eigenvalue weighted by Gasteiger charge is 2.24. The average Bonchev–Trinajstić information content (AvgIpc) is 3.06. The SMILES string of the molecule is C=C/C(=C\C=C(\C)N)CCn1c2c(c3cc(Cl)ccc31)CN(c1ccc(F)cc1)CC2. The van der Waals surface area contributed by atoms with Gasteiger partial charge in [0, 0.05) is 64.6 Å². The molecule has 0 radical (unpaired) electrons. The normalized spacial score (nSPS) is 14.7. The van der Waals surface area contributed by atoms with Crippen LogP contribution in [0.3, 0.4) is 0 Å². The molecule has 0 fully saturated rings. The summed E-state index contributed by atoms with van der Waals surface area (Å²) in [6.45, 7) is 8.36. The molecule has 31 heavy (non-hydrogen) atoms. The Morgan fingerprint density at radius 1 is 1.19 bits per heavy atom. The van der Waals surface area contributed by atoms with Crippen molar-refractivity contribution in [1.82, 2.24) is 4.57 Å². The van der Waals surface area contributed by atoms with Gasteiger partial charge in [0.15, 0.2) is 0 Å². The minimum atomic E-state index is -0.212. The number of allylic oxidation sites excluding steroid dienone is 5. The Labute approximate surface area is 187 Å². The van der Waals surface area contributed by atoms with Crippen LogP contribution in [0.4, 0.5) is 10.1 Å². The van der Waals surface area contributed by atoms with Crippen molar-refractivity contribution in [2.45, 2.75) is 32.9 Å². The Hall–Kier alpha value is -2.98.